The molecule has 0 aliphatic heterocycles. The van der Waals surface area contributed by atoms with Gasteiger partial charge >= 0.3 is 6.09 Å². The molecule has 2 aromatic carbocycles. The Morgan fingerprint density at radius 1 is 1.22 bits per heavy atom. The van der Waals surface area contributed by atoms with Gasteiger partial charge in [-0.1, -0.05) is 38.1 Å². The number of carbonyl (C=O) groups excluding carboxylic acids is 1. The molecule has 3 nitrogen and oxygen atoms in total. The maximum absolute atomic E-state index is 13.5. The molecule has 2 N–H and O–H groups in total. The van der Waals surface area contributed by atoms with E-state index in [1.807, 2.05) is 24.3 Å². The third kappa shape index (κ3) is 3.07. The van der Waals surface area contributed by atoms with E-state index in [4.69, 9.17) is 10.5 Å². The minimum absolute atomic E-state index is 0.192. The van der Waals surface area contributed by atoms with E-state index in [1.54, 1.807) is 6.07 Å². The fourth-order valence-electron chi connectivity index (χ4n) is 3.26. The Labute approximate surface area is 135 Å². The monoisotopic (exact) mass is 313 g/mol. The Balaban J connectivity index is 2.08. The molecule has 4 heteroatoms. The highest BCUT2D eigenvalue weighted by atomic mass is 19.1. The number of aryl methyl sites for hydroxylation is 1. The average Bonchev–Trinajstić information content (AvgIpc) is 2.49. The van der Waals surface area contributed by atoms with Crippen LogP contribution >= 0.6 is 0 Å². The zero-order chi connectivity index (χ0) is 16.6. The van der Waals surface area contributed by atoms with Crippen LogP contribution in [0, 0.1) is 11.2 Å². The van der Waals surface area contributed by atoms with Crippen molar-refractivity contribution in [2.24, 2.45) is 11.1 Å². The highest BCUT2D eigenvalue weighted by molar-refractivity contribution is 5.67. The second-order valence-electron chi connectivity index (χ2n) is 6.73. The van der Waals surface area contributed by atoms with Gasteiger partial charge in [-0.2, -0.15) is 0 Å². The molecule has 1 unspecified atom stereocenters. The van der Waals surface area contributed by atoms with E-state index in [1.165, 1.54) is 12.1 Å². The Hall–Kier alpha value is -2.36. The van der Waals surface area contributed by atoms with Gasteiger partial charge < -0.3 is 10.5 Å². The fourth-order valence-corrected chi connectivity index (χ4v) is 3.26. The van der Waals surface area contributed by atoms with Crippen LogP contribution in [0.25, 0.3) is 11.1 Å². The number of hydrogen-bond donors (Lipinski definition) is 1. The number of nitrogens with two attached hydrogens (primary N) is 1. The van der Waals surface area contributed by atoms with Crippen LogP contribution in [0.3, 0.4) is 0 Å². The van der Waals surface area contributed by atoms with Crippen LogP contribution in [0.15, 0.2) is 42.5 Å². The molecule has 0 bridgehead atoms. The van der Waals surface area contributed by atoms with Crippen LogP contribution in [0.1, 0.15) is 37.5 Å². The first-order valence-corrected chi connectivity index (χ1v) is 7.72. The molecule has 0 saturated heterocycles. The molecule has 23 heavy (non-hydrogen) atoms. The lowest BCUT2D eigenvalue weighted by Gasteiger charge is -2.39. The number of rotatable bonds is 2. The summed E-state index contributed by atoms with van der Waals surface area (Å²) in [4.78, 5) is 11.3. The number of benzene rings is 2. The number of ether oxygens (including phenoxy) is 1. The van der Waals surface area contributed by atoms with Crippen LogP contribution in [-0.4, -0.2) is 6.09 Å². The number of fused-ring (bicyclic) bond motifs is 1. The molecule has 0 aromatic heterocycles. The van der Waals surface area contributed by atoms with Gasteiger partial charge in [0.25, 0.3) is 0 Å². The maximum Gasteiger partial charge on any atom is 0.405 e. The zero-order valence-electron chi connectivity index (χ0n) is 13.3. The SMILES string of the molecule is CC1(C)CCc2ccc(-c3cccc(F)c3)cc2C1OC(N)=O. The molecule has 1 aliphatic carbocycles. The van der Waals surface area contributed by atoms with Crippen molar-refractivity contribution in [3.8, 4) is 11.1 Å². The van der Waals surface area contributed by atoms with Crippen molar-refractivity contribution in [3.05, 3.63) is 59.4 Å². The number of halogens is 1. The van der Waals surface area contributed by atoms with Crippen LogP contribution in [0.2, 0.25) is 0 Å². The molecule has 2 aromatic rings. The second-order valence-corrected chi connectivity index (χ2v) is 6.73. The molecule has 1 atom stereocenters. The van der Waals surface area contributed by atoms with Crippen molar-refractivity contribution in [1.29, 1.82) is 0 Å². The Morgan fingerprint density at radius 3 is 2.65 bits per heavy atom. The van der Waals surface area contributed by atoms with Crippen molar-refractivity contribution in [1.82, 2.24) is 0 Å². The number of amides is 1. The first-order valence-electron chi connectivity index (χ1n) is 7.72. The molecule has 1 aliphatic rings. The molecule has 0 fully saturated rings. The topological polar surface area (TPSA) is 52.3 Å². The predicted octanol–water partition coefficient (Wildman–Crippen LogP) is 4.60. The average molecular weight is 313 g/mol. The molecule has 0 saturated carbocycles. The summed E-state index contributed by atoms with van der Waals surface area (Å²) < 4.78 is 18.9. The highest BCUT2D eigenvalue weighted by Gasteiger charge is 2.38. The second kappa shape index (κ2) is 5.69. The molecule has 0 heterocycles. The summed E-state index contributed by atoms with van der Waals surface area (Å²) in [5.74, 6) is -0.273. The van der Waals surface area contributed by atoms with Gasteiger partial charge in [-0.05, 0) is 53.3 Å². The minimum atomic E-state index is -0.771. The quantitative estimate of drug-likeness (QED) is 0.880. The number of primary amides is 1. The largest absolute Gasteiger partial charge is 0.441 e. The standard InChI is InChI=1S/C19H20FNO2/c1-19(2)9-8-12-6-7-14(13-4-3-5-15(20)10-13)11-16(12)17(19)23-18(21)22/h3-7,10-11,17H,8-9H2,1-2H3,(H2,21,22). The molecule has 0 spiro atoms. The summed E-state index contributed by atoms with van der Waals surface area (Å²) in [5, 5.41) is 0. The van der Waals surface area contributed by atoms with Crippen molar-refractivity contribution < 1.29 is 13.9 Å². The summed E-state index contributed by atoms with van der Waals surface area (Å²) >= 11 is 0. The third-order valence-corrected chi connectivity index (χ3v) is 4.57. The zero-order valence-corrected chi connectivity index (χ0v) is 13.3. The van der Waals surface area contributed by atoms with E-state index in [0.29, 0.717) is 0 Å². The van der Waals surface area contributed by atoms with Crippen molar-refractivity contribution in [2.45, 2.75) is 32.8 Å². The van der Waals surface area contributed by atoms with E-state index in [2.05, 4.69) is 13.8 Å². The Kier molecular flexibility index (Phi) is 3.84. The summed E-state index contributed by atoms with van der Waals surface area (Å²) in [6.45, 7) is 4.14. The van der Waals surface area contributed by atoms with Gasteiger partial charge in [0.05, 0.1) is 0 Å². The smallest absolute Gasteiger partial charge is 0.405 e. The first-order chi connectivity index (χ1) is 10.9. The summed E-state index contributed by atoms with van der Waals surface area (Å²) in [6.07, 6.45) is 0.672. The van der Waals surface area contributed by atoms with Crippen LogP contribution in [0.5, 0.6) is 0 Å². The van der Waals surface area contributed by atoms with Gasteiger partial charge in [0, 0.05) is 5.41 Å². The summed E-state index contributed by atoms with van der Waals surface area (Å²) in [5.41, 5.74) is 8.88. The minimum Gasteiger partial charge on any atom is -0.441 e. The normalized spacial score (nSPS) is 19.0. The molecular weight excluding hydrogens is 293 g/mol. The van der Waals surface area contributed by atoms with Gasteiger partial charge in [0.2, 0.25) is 0 Å². The highest BCUT2D eigenvalue weighted by Crippen LogP contribution is 2.46. The molecule has 0 radical (unpaired) electrons. The molecule has 3 rings (SSSR count). The van der Waals surface area contributed by atoms with Gasteiger partial charge in [-0.25, -0.2) is 9.18 Å². The summed E-state index contributed by atoms with van der Waals surface area (Å²) in [6, 6.07) is 12.5. The summed E-state index contributed by atoms with van der Waals surface area (Å²) in [7, 11) is 0. The maximum atomic E-state index is 13.5. The lowest BCUT2D eigenvalue weighted by Crippen LogP contribution is -2.33. The van der Waals surface area contributed by atoms with E-state index in [9.17, 15) is 9.18 Å². The van der Waals surface area contributed by atoms with Crippen LogP contribution in [0.4, 0.5) is 9.18 Å². The fraction of sp³-hybridized carbons (Fsp3) is 0.316. The van der Waals surface area contributed by atoms with Gasteiger partial charge in [0.1, 0.15) is 11.9 Å². The Morgan fingerprint density at radius 2 is 1.96 bits per heavy atom. The van der Waals surface area contributed by atoms with E-state index < -0.39 is 12.2 Å². The van der Waals surface area contributed by atoms with Crippen molar-refractivity contribution in [3.63, 3.8) is 0 Å². The van der Waals surface area contributed by atoms with Gasteiger partial charge in [-0.3, -0.25) is 0 Å². The van der Waals surface area contributed by atoms with E-state index >= 15 is 0 Å². The molecular formula is C19H20FNO2. The van der Waals surface area contributed by atoms with Crippen molar-refractivity contribution in [2.75, 3.05) is 0 Å². The molecule has 120 valence electrons. The van der Waals surface area contributed by atoms with E-state index in [-0.39, 0.29) is 11.2 Å². The number of hydrogen-bond acceptors (Lipinski definition) is 2. The lowest BCUT2D eigenvalue weighted by molar-refractivity contribution is 0.0147. The lowest BCUT2D eigenvalue weighted by atomic mass is 9.71. The van der Waals surface area contributed by atoms with Crippen molar-refractivity contribution >= 4 is 6.09 Å². The van der Waals surface area contributed by atoms with Gasteiger partial charge in [-0.15, -0.1) is 0 Å². The third-order valence-electron chi connectivity index (χ3n) is 4.57. The predicted molar refractivity (Wildman–Crippen MR) is 87.3 cm³/mol. The first kappa shape index (κ1) is 15.5. The van der Waals surface area contributed by atoms with Gasteiger partial charge in [0.15, 0.2) is 0 Å². The van der Waals surface area contributed by atoms with Crippen LogP contribution < -0.4 is 5.73 Å². The Bertz CT molecular complexity index is 755. The number of carbonyl (C=O) groups is 1. The van der Waals surface area contributed by atoms with E-state index in [0.717, 1.165) is 35.1 Å². The van der Waals surface area contributed by atoms with Crippen LogP contribution in [-0.2, 0) is 11.2 Å². The molecule has 1 amide bonds.